The number of hydrogen-bond donors (Lipinski definition) is 2. The van der Waals surface area contributed by atoms with E-state index in [1.165, 1.54) is 0 Å². The Bertz CT molecular complexity index is 192. The van der Waals surface area contributed by atoms with Gasteiger partial charge in [-0.1, -0.05) is 6.92 Å². The molecule has 0 heterocycles. The summed E-state index contributed by atoms with van der Waals surface area (Å²) >= 11 is 0. The average Bonchev–Trinajstić information content (AvgIpc) is 2.12. The van der Waals surface area contributed by atoms with Crippen molar-refractivity contribution in [2.24, 2.45) is 11.5 Å². The van der Waals surface area contributed by atoms with E-state index in [1.807, 2.05) is 7.05 Å². The molecule has 0 aromatic rings. The van der Waals surface area contributed by atoms with E-state index in [2.05, 4.69) is 18.7 Å². The van der Waals surface area contributed by atoms with Gasteiger partial charge in [0.1, 0.15) is 0 Å². The Kier molecular flexibility index (Phi) is 5.08. The van der Waals surface area contributed by atoms with Crippen LogP contribution in [0.15, 0.2) is 0 Å². The molecule has 84 valence electrons. The van der Waals surface area contributed by atoms with Crippen LogP contribution in [0.4, 0.5) is 0 Å². The molecule has 0 radical (unpaired) electrons. The van der Waals surface area contributed by atoms with E-state index in [0.29, 0.717) is 12.5 Å². The highest BCUT2D eigenvalue weighted by Crippen LogP contribution is 2.08. The molecule has 4 heteroatoms. The number of nitrogens with two attached hydrogens (primary N) is 2. The molecule has 0 saturated heterocycles. The van der Waals surface area contributed by atoms with Crippen LogP contribution in [0.25, 0.3) is 0 Å². The van der Waals surface area contributed by atoms with Gasteiger partial charge < -0.3 is 16.4 Å². The molecule has 0 rings (SSSR count). The second-order valence-corrected chi connectivity index (χ2v) is 4.27. The van der Waals surface area contributed by atoms with Gasteiger partial charge in [-0.25, -0.2) is 0 Å². The Morgan fingerprint density at radius 2 is 2.07 bits per heavy atom. The number of rotatable bonds is 6. The number of primary amides is 1. The maximum atomic E-state index is 11.0. The fourth-order valence-corrected chi connectivity index (χ4v) is 1.06. The van der Waals surface area contributed by atoms with E-state index in [-0.39, 0.29) is 0 Å². The summed E-state index contributed by atoms with van der Waals surface area (Å²) in [6.45, 7) is 6.76. The first-order chi connectivity index (χ1) is 6.31. The predicted molar refractivity (Wildman–Crippen MR) is 58.8 cm³/mol. The standard InChI is InChI=1S/C10H23N3O/c1-5-8(2)13(4)7-6-10(3,12)9(11)14/h8H,5-7,12H2,1-4H3,(H2,11,14). The minimum atomic E-state index is -0.887. The molecule has 0 fully saturated rings. The Morgan fingerprint density at radius 3 is 2.43 bits per heavy atom. The molecule has 0 aliphatic rings. The summed E-state index contributed by atoms with van der Waals surface area (Å²) in [6, 6.07) is 0.513. The van der Waals surface area contributed by atoms with Crippen LogP contribution >= 0.6 is 0 Å². The summed E-state index contributed by atoms with van der Waals surface area (Å²) in [5, 5.41) is 0. The molecule has 0 aromatic heterocycles. The van der Waals surface area contributed by atoms with Crippen molar-refractivity contribution < 1.29 is 4.79 Å². The summed E-state index contributed by atoms with van der Waals surface area (Å²) in [6.07, 6.45) is 1.69. The molecule has 0 bridgehead atoms. The fraction of sp³-hybridized carbons (Fsp3) is 0.900. The van der Waals surface area contributed by atoms with Gasteiger partial charge in [0.25, 0.3) is 0 Å². The zero-order valence-corrected chi connectivity index (χ0v) is 9.71. The molecule has 2 atom stereocenters. The number of amides is 1. The molecule has 0 aliphatic carbocycles. The minimum absolute atomic E-state index is 0.435. The van der Waals surface area contributed by atoms with Crippen molar-refractivity contribution in [1.29, 1.82) is 0 Å². The van der Waals surface area contributed by atoms with Gasteiger partial charge in [-0.2, -0.15) is 0 Å². The van der Waals surface area contributed by atoms with Crippen molar-refractivity contribution in [1.82, 2.24) is 4.90 Å². The van der Waals surface area contributed by atoms with Gasteiger partial charge in [0.05, 0.1) is 5.54 Å². The van der Waals surface area contributed by atoms with Crippen LogP contribution in [0, 0.1) is 0 Å². The van der Waals surface area contributed by atoms with Gasteiger partial charge in [0.15, 0.2) is 0 Å². The third-order valence-electron chi connectivity index (χ3n) is 2.89. The fourth-order valence-electron chi connectivity index (χ4n) is 1.06. The van der Waals surface area contributed by atoms with E-state index in [1.54, 1.807) is 6.92 Å². The SMILES string of the molecule is CCC(C)N(C)CCC(C)(N)C(N)=O. The zero-order valence-electron chi connectivity index (χ0n) is 9.71. The van der Waals surface area contributed by atoms with Crippen molar-refractivity contribution >= 4 is 5.91 Å². The average molecular weight is 201 g/mol. The lowest BCUT2D eigenvalue weighted by molar-refractivity contribution is -0.122. The van der Waals surface area contributed by atoms with Crippen LogP contribution in [0.5, 0.6) is 0 Å². The lowest BCUT2D eigenvalue weighted by atomic mass is 9.98. The van der Waals surface area contributed by atoms with Crippen LogP contribution < -0.4 is 11.5 Å². The molecular formula is C10H23N3O. The third kappa shape index (κ3) is 4.07. The highest BCUT2D eigenvalue weighted by Gasteiger charge is 2.25. The summed E-state index contributed by atoms with van der Waals surface area (Å²) in [4.78, 5) is 13.1. The lowest BCUT2D eigenvalue weighted by Gasteiger charge is -2.28. The van der Waals surface area contributed by atoms with Crippen molar-refractivity contribution in [3.8, 4) is 0 Å². The molecule has 0 saturated carbocycles. The first-order valence-corrected chi connectivity index (χ1v) is 5.10. The van der Waals surface area contributed by atoms with E-state index in [0.717, 1.165) is 13.0 Å². The van der Waals surface area contributed by atoms with Gasteiger partial charge in [-0.3, -0.25) is 4.79 Å². The first-order valence-electron chi connectivity index (χ1n) is 5.10. The van der Waals surface area contributed by atoms with Crippen LogP contribution in [0.1, 0.15) is 33.6 Å². The second kappa shape index (κ2) is 5.32. The maximum Gasteiger partial charge on any atom is 0.237 e. The third-order valence-corrected chi connectivity index (χ3v) is 2.89. The van der Waals surface area contributed by atoms with Crippen LogP contribution in [-0.4, -0.2) is 36.0 Å². The molecule has 0 spiro atoms. The number of nitrogens with zero attached hydrogens (tertiary/aromatic N) is 1. The van der Waals surface area contributed by atoms with Gasteiger partial charge >= 0.3 is 0 Å². The van der Waals surface area contributed by atoms with E-state index in [9.17, 15) is 4.79 Å². The molecule has 4 nitrogen and oxygen atoms in total. The molecule has 0 aromatic carbocycles. The smallest absolute Gasteiger partial charge is 0.237 e. The maximum absolute atomic E-state index is 11.0. The van der Waals surface area contributed by atoms with E-state index < -0.39 is 11.4 Å². The summed E-state index contributed by atoms with van der Waals surface area (Å²) in [5.74, 6) is -0.435. The second-order valence-electron chi connectivity index (χ2n) is 4.27. The number of carbonyl (C=O) groups is 1. The Labute approximate surface area is 86.6 Å². The topological polar surface area (TPSA) is 72.3 Å². The highest BCUT2D eigenvalue weighted by atomic mass is 16.1. The normalized spacial score (nSPS) is 17.9. The quantitative estimate of drug-likeness (QED) is 0.649. The van der Waals surface area contributed by atoms with E-state index >= 15 is 0 Å². The van der Waals surface area contributed by atoms with Gasteiger partial charge in [-0.05, 0) is 33.7 Å². The number of carbonyl (C=O) groups excluding carboxylic acids is 1. The highest BCUT2D eigenvalue weighted by molar-refractivity contribution is 5.83. The van der Waals surface area contributed by atoms with Gasteiger partial charge in [0.2, 0.25) is 5.91 Å². The van der Waals surface area contributed by atoms with Gasteiger partial charge in [-0.15, -0.1) is 0 Å². The van der Waals surface area contributed by atoms with Crippen molar-refractivity contribution in [3.63, 3.8) is 0 Å². The molecule has 2 unspecified atom stereocenters. The van der Waals surface area contributed by atoms with Gasteiger partial charge in [0, 0.05) is 12.6 Å². The van der Waals surface area contributed by atoms with Crippen molar-refractivity contribution in [3.05, 3.63) is 0 Å². The Hall–Kier alpha value is -0.610. The zero-order chi connectivity index (χ0) is 11.4. The Morgan fingerprint density at radius 1 is 1.57 bits per heavy atom. The summed E-state index contributed by atoms with van der Waals surface area (Å²) in [7, 11) is 2.03. The summed E-state index contributed by atoms with van der Waals surface area (Å²) in [5.41, 5.74) is 10.0. The Balaban J connectivity index is 3.99. The molecule has 4 N–H and O–H groups in total. The number of hydrogen-bond acceptors (Lipinski definition) is 3. The molecule has 1 amide bonds. The lowest BCUT2D eigenvalue weighted by Crippen LogP contribution is -2.51. The van der Waals surface area contributed by atoms with Crippen molar-refractivity contribution in [2.45, 2.75) is 45.2 Å². The van der Waals surface area contributed by atoms with Crippen LogP contribution in [0.2, 0.25) is 0 Å². The molecule has 14 heavy (non-hydrogen) atoms. The van der Waals surface area contributed by atoms with E-state index in [4.69, 9.17) is 11.5 Å². The molecular weight excluding hydrogens is 178 g/mol. The van der Waals surface area contributed by atoms with Crippen LogP contribution in [0.3, 0.4) is 0 Å². The first kappa shape index (κ1) is 13.4. The predicted octanol–water partition coefficient (Wildman–Crippen LogP) is 0.310. The summed E-state index contributed by atoms with van der Waals surface area (Å²) < 4.78 is 0. The largest absolute Gasteiger partial charge is 0.368 e. The monoisotopic (exact) mass is 201 g/mol. The molecule has 0 aliphatic heterocycles. The van der Waals surface area contributed by atoms with Crippen molar-refractivity contribution in [2.75, 3.05) is 13.6 Å². The van der Waals surface area contributed by atoms with Crippen LogP contribution in [-0.2, 0) is 4.79 Å². The minimum Gasteiger partial charge on any atom is -0.368 e.